The number of para-hydroxylation sites is 1. The largest absolute Gasteiger partial charge is 0.465 e. The van der Waals surface area contributed by atoms with Crippen LogP contribution in [0.25, 0.3) is 11.6 Å². The molecule has 148 valence electrons. The van der Waals surface area contributed by atoms with Crippen molar-refractivity contribution in [2.24, 2.45) is 0 Å². The summed E-state index contributed by atoms with van der Waals surface area (Å²) in [4.78, 5) is 16.5. The van der Waals surface area contributed by atoms with Crippen LogP contribution in [0.4, 0.5) is 10.8 Å². The molecule has 1 aliphatic rings. The molecule has 1 unspecified atom stereocenters. The number of carbonyl (C=O) groups excluding carboxylic acids is 1. The lowest BCUT2D eigenvalue weighted by Crippen LogP contribution is -2.23. The molecule has 0 amide bonds. The van der Waals surface area contributed by atoms with E-state index >= 15 is 0 Å². The van der Waals surface area contributed by atoms with E-state index in [4.69, 9.17) is 9.47 Å². The average Bonchev–Trinajstić information content (AvgIpc) is 3.13. The molecule has 0 fully saturated rings. The smallest absolute Gasteiger partial charge is 0.341 e. The number of thiazole rings is 1. The predicted octanol–water partition coefficient (Wildman–Crippen LogP) is 4.54. The molecule has 3 aromatic rings. The first kappa shape index (κ1) is 19.2. The predicted molar refractivity (Wildman–Crippen MR) is 114 cm³/mol. The van der Waals surface area contributed by atoms with Gasteiger partial charge >= 0.3 is 5.97 Å². The molecule has 0 saturated carbocycles. The zero-order valence-corrected chi connectivity index (χ0v) is 17.0. The molecule has 0 aliphatic carbocycles. The molecule has 0 radical (unpaired) electrons. The topological polar surface area (TPSA) is 80.7 Å². The first-order valence-electron chi connectivity index (χ1n) is 9.03. The molecule has 7 heteroatoms. The Hall–Kier alpha value is -3.16. The van der Waals surface area contributed by atoms with Gasteiger partial charge in [0.1, 0.15) is 11.3 Å². The third kappa shape index (κ3) is 3.87. The Morgan fingerprint density at radius 3 is 2.72 bits per heavy atom. The van der Waals surface area contributed by atoms with E-state index in [1.807, 2.05) is 25.3 Å². The number of aromatic nitrogens is 1. The van der Waals surface area contributed by atoms with Gasteiger partial charge in [0.25, 0.3) is 0 Å². The first-order chi connectivity index (χ1) is 13.9. The first-order valence-corrected chi connectivity index (χ1v) is 9.91. The number of methoxy groups -OCH3 is 1. The summed E-state index contributed by atoms with van der Waals surface area (Å²) in [5.74, 6) is -0.209. The van der Waals surface area contributed by atoms with E-state index in [-0.39, 0.29) is 5.56 Å². The van der Waals surface area contributed by atoms with E-state index in [0.29, 0.717) is 27.7 Å². The summed E-state index contributed by atoms with van der Waals surface area (Å²) in [6.45, 7) is 4.10. The number of nitrogens with one attached hydrogen (secondary N) is 1. The van der Waals surface area contributed by atoms with Gasteiger partial charge in [0.2, 0.25) is 6.29 Å². The Morgan fingerprint density at radius 1 is 1.24 bits per heavy atom. The van der Waals surface area contributed by atoms with E-state index in [2.05, 4.69) is 28.5 Å². The highest BCUT2D eigenvalue weighted by Crippen LogP contribution is 2.37. The summed E-state index contributed by atoms with van der Waals surface area (Å²) in [7, 11) is 1.31. The lowest BCUT2D eigenvalue weighted by Gasteiger charge is -2.23. The fourth-order valence-electron chi connectivity index (χ4n) is 3.32. The summed E-state index contributed by atoms with van der Waals surface area (Å²) in [5.41, 5.74) is 5.40. The van der Waals surface area contributed by atoms with Crippen LogP contribution in [0.5, 0.6) is 5.75 Å². The maximum atomic E-state index is 11.9. The number of ether oxygens (including phenoxy) is 2. The van der Waals surface area contributed by atoms with Crippen LogP contribution in [0, 0.1) is 13.8 Å². The molecule has 1 aliphatic heterocycles. The Bertz CT molecular complexity index is 1100. The summed E-state index contributed by atoms with van der Waals surface area (Å²) in [6.07, 6.45) is 0.551. The van der Waals surface area contributed by atoms with Gasteiger partial charge in [0.15, 0.2) is 5.13 Å². The van der Waals surface area contributed by atoms with E-state index in [9.17, 15) is 9.90 Å². The van der Waals surface area contributed by atoms with Gasteiger partial charge in [-0.2, -0.15) is 0 Å². The molecule has 2 N–H and O–H groups in total. The number of esters is 1. The molecule has 1 aromatic heterocycles. The third-order valence-electron chi connectivity index (χ3n) is 4.53. The zero-order chi connectivity index (χ0) is 20.5. The Kier molecular flexibility index (Phi) is 5.08. The van der Waals surface area contributed by atoms with Crippen LogP contribution in [0.15, 0.2) is 41.8 Å². The molecule has 4 rings (SSSR count). The van der Waals surface area contributed by atoms with Crippen molar-refractivity contribution in [1.29, 1.82) is 0 Å². The molecule has 0 spiro atoms. The number of aliphatic hydroxyl groups excluding tert-OH is 1. The number of aliphatic hydroxyl groups is 1. The van der Waals surface area contributed by atoms with Gasteiger partial charge < -0.3 is 19.9 Å². The van der Waals surface area contributed by atoms with Crippen molar-refractivity contribution >= 4 is 39.8 Å². The van der Waals surface area contributed by atoms with Gasteiger partial charge in [-0.15, -0.1) is 11.3 Å². The number of anilines is 2. The number of fused-ring (bicyclic) bond motifs is 1. The van der Waals surface area contributed by atoms with Crippen LogP contribution < -0.4 is 10.1 Å². The number of rotatable bonds is 4. The van der Waals surface area contributed by atoms with Gasteiger partial charge in [-0.1, -0.05) is 18.2 Å². The molecule has 2 heterocycles. The van der Waals surface area contributed by atoms with Crippen molar-refractivity contribution < 1.29 is 19.4 Å². The van der Waals surface area contributed by atoms with Crippen LogP contribution in [0.3, 0.4) is 0 Å². The van der Waals surface area contributed by atoms with Crippen LogP contribution in [-0.4, -0.2) is 29.5 Å². The number of carbonyl (C=O) groups is 1. The van der Waals surface area contributed by atoms with Crippen molar-refractivity contribution in [1.82, 2.24) is 4.98 Å². The van der Waals surface area contributed by atoms with Gasteiger partial charge in [0, 0.05) is 22.2 Å². The Balaban J connectivity index is 1.64. The quantitative estimate of drug-likeness (QED) is 0.617. The van der Waals surface area contributed by atoms with Crippen LogP contribution >= 0.6 is 11.3 Å². The van der Waals surface area contributed by atoms with Gasteiger partial charge in [-0.3, -0.25) is 0 Å². The van der Waals surface area contributed by atoms with Crippen molar-refractivity contribution in [3.05, 3.63) is 69.7 Å². The number of hydrogen-bond donors (Lipinski definition) is 2. The molecule has 1 atom stereocenters. The van der Waals surface area contributed by atoms with E-state index in [1.165, 1.54) is 29.6 Å². The van der Waals surface area contributed by atoms with Crippen LogP contribution in [-0.2, 0) is 4.74 Å². The summed E-state index contributed by atoms with van der Waals surface area (Å²) in [6, 6.07) is 11.4. The highest BCUT2D eigenvalue weighted by atomic mass is 32.1. The fraction of sp³-hybridized carbons (Fsp3) is 0.182. The van der Waals surface area contributed by atoms with Gasteiger partial charge in [0.05, 0.1) is 12.8 Å². The van der Waals surface area contributed by atoms with Gasteiger partial charge in [-0.25, -0.2) is 9.78 Å². The van der Waals surface area contributed by atoms with Crippen molar-refractivity contribution in [3.8, 4) is 5.75 Å². The molecular formula is C22H20N2O4S. The van der Waals surface area contributed by atoms with Crippen molar-refractivity contribution in [2.45, 2.75) is 20.1 Å². The lowest BCUT2D eigenvalue weighted by molar-refractivity contribution is 0.0294. The third-order valence-corrected chi connectivity index (χ3v) is 5.29. The molecular weight excluding hydrogens is 388 g/mol. The van der Waals surface area contributed by atoms with Crippen LogP contribution in [0.1, 0.15) is 32.7 Å². The fourth-order valence-corrected chi connectivity index (χ4v) is 4.06. The maximum absolute atomic E-state index is 11.9. The molecule has 0 bridgehead atoms. The second-order valence-electron chi connectivity index (χ2n) is 6.82. The highest BCUT2D eigenvalue weighted by Gasteiger charge is 2.27. The van der Waals surface area contributed by atoms with Crippen molar-refractivity contribution in [2.75, 3.05) is 12.4 Å². The van der Waals surface area contributed by atoms with E-state index in [1.54, 1.807) is 18.2 Å². The molecule has 6 nitrogen and oxygen atoms in total. The normalized spacial score (nSPS) is 15.2. The minimum absolute atomic E-state index is 0.273. The zero-order valence-electron chi connectivity index (χ0n) is 16.2. The maximum Gasteiger partial charge on any atom is 0.341 e. The second-order valence-corrected chi connectivity index (χ2v) is 7.68. The summed E-state index contributed by atoms with van der Waals surface area (Å²) in [5, 5.41) is 16.4. The number of hydrogen-bond acceptors (Lipinski definition) is 7. The monoisotopic (exact) mass is 408 g/mol. The summed E-state index contributed by atoms with van der Waals surface area (Å²) < 4.78 is 10.4. The molecule has 0 saturated heterocycles. The Labute approximate surface area is 172 Å². The van der Waals surface area contributed by atoms with Crippen LogP contribution in [0.2, 0.25) is 0 Å². The molecule has 2 aromatic carbocycles. The van der Waals surface area contributed by atoms with Gasteiger partial charge in [-0.05, 0) is 49.2 Å². The SMILES string of the molecule is COC(=O)c1cccc2c1OC(O)C(c1csc(Nc3cc(C)cc(C)c3)n1)=C2. The Morgan fingerprint density at radius 2 is 2.00 bits per heavy atom. The van der Waals surface area contributed by atoms with E-state index < -0.39 is 12.3 Å². The highest BCUT2D eigenvalue weighted by molar-refractivity contribution is 7.13. The number of nitrogens with zero attached hydrogens (tertiary/aromatic N) is 1. The summed E-state index contributed by atoms with van der Waals surface area (Å²) >= 11 is 1.44. The standard InChI is InChI=1S/C22H20N2O4S/c1-12-7-13(2)9-15(8-12)23-22-24-18(11-29-22)17-10-14-5-4-6-16(20(25)27-3)19(14)28-21(17)26/h4-11,21,26H,1-3H3,(H,23,24). The number of aryl methyl sites for hydroxylation is 2. The average molecular weight is 408 g/mol. The second kappa shape index (κ2) is 7.69. The minimum atomic E-state index is -1.23. The molecule has 29 heavy (non-hydrogen) atoms. The van der Waals surface area contributed by atoms with E-state index in [0.717, 1.165) is 5.69 Å². The number of benzene rings is 2. The minimum Gasteiger partial charge on any atom is -0.465 e. The lowest BCUT2D eigenvalue weighted by atomic mass is 10.0. The van der Waals surface area contributed by atoms with Crippen molar-refractivity contribution in [3.63, 3.8) is 0 Å².